The van der Waals surface area contributed by atoms with Crippen molar-refractivity contribution in [2.45, 2.75) is 44.8 Å². The van der Waals surface area contributed by atoms with Crippen LogP contribution in [-0.4, -0.2) is 45.4 Å². The summed E-state index contributed by atoms with van der Waals surface area (Å²) in [6.07, 6.45) is 2.32. The van der Waals surface area contributed by atoms with Crippen LogP contribution in [0.5, 0.6) is 0 Å². The molecule has 1 aliphatic heterocycles. The van der Waals surface area contributed by atoms with E-state index in [1.54, 1.807) is 7.05 Å². The zero-order valence-electron chi connectivity index (χ0n) is 14.5. The summed E-state index contributed by atoms with van der Waals surface area (Å²) >= 11 is 0. The van der Waals surface area contributed by atoms with Crippen molar-refractivity contribution in [3.8, 4) is 0 Å². The Labute approximate surface area is 148 Å². The van der Waals surface area contributed by atoms with E-state index < -0.39 is 10.2 Å². The predicted molar refractivity (Wildman–Crippen MR) is 93.9 cm³/mol. The lowest BCUT2D eigenvalue weighted by Crippen LogP contribution is -2.46. The molecule has 0 radical (unpaired) electrons. The van der Waals surface area contributed by atoms with Gasteiger partial charge in [-0.2, -0.15) is 17.0 Å². The Kier molecular flexibility index (Phi) is 4.13. The lowest BCUT2D eigenvalue weighted by atomic mass is 10.2. The molecule has 1 atom stereocenters. The number of benzene rings is 1. The van der Waals surface area contributed by atoms with Crippen LogP contribution in [0.2, 0.25) is 0 Å². The summed E-state index contributed by atoms with van der Waals surface area (Å²) in [6, 6.07) is 9.68. The van der Waals surface area contributed by atoms with Gasteiger partial charge in [0, 0.05) is 32.1 Å². The Morgan fingerprint density at radius 1 is 1.20 bits per heavy atom. The molecule has 25 heavy (non-hydrogen) atoms. The fourth-order valence-electron chi connectivity index (χ4n) is 3.44. The highest BCUT2D eigenvalue weighted by Gasteiger charge is 2.38. The van der Waals surface area contributed by atoms with Crippen molar-refractivity contribution >= 4 is 10.2 Å². The third-order valence-electron chi connectivity index (χ3n) is 4.93. The van der Waals surface area contributed by atoms with Gasteiger partial charge in [0.25, 0.3) is 10.2 Å². The molecule has 2 aliphatic rings. The van der Waals surface area contributed by atoms with Crippen LogP contribution in [0.3, 0.4) is 0 Å². The molecule has 0 bridgehead atoms. The van der Waals surface area contributed by atoms with Gasteiger partial charge in [-0.15, -0.1) is 10.2 Å². The van der Waals surface area contributed by atoms with Crippen molar-refractivity contribution in [3.05, 3.63) is 47.5 Å². The van der Waals surface area contributed by atoms with Gasteiger partial charge in [-0.05, 0) is 25.3 Å². The van der Waals surface area contributed by atoms with Crippen LogP contribution < -0.4 is 0 Å². The lowest BCUT2D eigenvalue weighted by molar-refractivity contribution is 0.267. The van der Waals surface area contributed by atoms with Gasteiger partial charge in [0.15, 0.2) is 0 Å². The van der Waals surface area contributed by atoms with Crippen molar-refractivity contribution in [1.29, 1.82) is 0 Å². The third-order valence-corrected chi connectivity index (χ3v) is 6.78. The average molecular weight is 361 g/mol. The van der Waals surface area contributed by atoms with Crippen LogP contribution in [0.25, 0.3) is 0 Å². The summed E-state index contributed by atoms with van der Waals surface area (Å²) in [5, 5.41) is 8.58. The largest absolute Gasteiger partial charge is 0.309 e. The molecule has 1 aromatic heterocycles. The topological polar surface area (TPSA) is 71.3 Å². The Morgan fingerprint density at radius 2 is 1.92 bits per heavy atom. The standard InChI is InChI=1S/C17H23N5O2S/c1-13-10-21(12-16-18-19-17(22(13)16)15-8-9-15)25(23,24)20(2)11-14-6-4-3-5-7-14/h3-7,13,15H,8-12H2,1-2H3/t13-/m0/s1. The van der Waals surface area contributed by atoms with Crippen molar-refractivity contribution in [2.24, 2.45) is 0 Å². The maximum atomic E-state index is 13.0. The smallest absolute Gasteiger partial charge is 0.282 e. The summed E-state index contributed by atoms with van der Waals surface area (Å²) < 4.78 is 31.0. The van der Waals surface area contributed by atoms with Crippen molar-refractivity contribution < 1.29 is 8.42 Å². The molecule has 1 fully saturated rings. The summed E-state index contributed by atoms with van der Waals surface area (Å²) in [5.74, 6) is 2.28. The molecule has 0 saturated heterocycles. The second kappa shape index (κ2) is 6.19. The zero-order valence-corrected chi connectivity index (χ0v) is 15.4. The van der Waals surface area contributed by atoms with Gasteiger partial charge in [-0.1, -0.05) is 30.3 Å². The highest BCUT2D eigenvalue weighted by molar-refractivity contribution is 7.86. The minimum absolute atomic E-state index is 0.0502. The number of rotatable bonds is 5. The van der Waals surface area contributed by atoms with E-state index in [1.807, 2.05) is 37.3 Å². The number of fused-ring (bicyclic) bond motifs is 1. The van der Waals surface area contributed by atoms with Gasteiger partial charge in [-0.25, -0.2) is 0 Å². The molecular formula is C17H23N5O2S. The lowest BCUT2D eigenvalue weighted by Gasteiger charge is -2.34. The average Bonchev–Trinajstić information content (AvgIpc) is 3.34. The molecule has 0 unspecified atom stereocenters. The highest BCUT2D eigenvalue weighted by Crippen LogP contribution is 2.41. The van der Waals surface area contributed by atoms with E-state index >= 15 is 0 Å². The first-order valence-corrected chi connectivity index (χ1v) is 10.1. The number of hydrogen-bond donors (Lipinski definition) is 0. The van der Waals surface area contributed by atoms with Crippen LogP contribution in [0.15, 0.2) is 30.3 Å². The molecule has 0 N–H and O–H groups in total. The van der Waals surface area contributed by atoms with Gasteiger partial charge in [0.1, 0.15) is 11.6 Å². The summed E-state index contributed by atoms with van der Waals surface area (Å²) in [4.78, 5) is 0. The molecule has 1 aromatic carbocycles. The van der Waals surface area contributed by atoms with Crippen LogP contribution >= 0.6 is 0 Å². The van der Waals surface area contributed by atoms with Gasteiger partial charge in [0.2, 0.25) is 0 Å². The Hall–Kier alpha value is -1.77. The maximum absolute atomic E-state index is 13.0. The number of aromatic nitrogens is 3. The Balaban J connectivity index is 1.54. The number of nitrogens with zero attached hydrogens (tertiary/aromatic N) is 5. The molecule has 0 spiro atoms. The second-order valence-corrected chi connectivity index (χ2v) is 9.05. The van der Waals surface area contributed by atoms with E-state index in [0.29, 0.717) is 19.0 Å². The first kappa shape index (κ1) is 16.7. The van der Waals surface area contributed by atoms with E-state index in [0.717, 1.165) is 30.1 Å². The van der Waals surface area contributed by atoms with E-state index in [1.165, 1.54) is 8.61 Å². The molecule has 8 heteroatoms. The second-order valence-electron chi connectivity index (χ2n) is 7.01. The first-order chi connectivity index (χ1) is 12.0. The molecule has 4 rings (SSSR count). The molecule has 134 valence electrons. The van der Waals surface area contributed by atoms with E-state index in [4.69, 9.17) is 0 Å². The van der Waals surface area contributed by atoms with Crippen LogP contribution in [0, 0.1) is 0 Å². The Bertz CT molecular complexity index is 860. The van der Waals surface area contributed by atoms with Crippen molar-refractivity contribution in [3.63, 3.8) is 0 Å². The summed E-state index contributed by atoms with van der Waals surface area (Å²) in [7, 11) is -1.92. The van der Waals surface area contributed by atoms with Gasteiger partial charge in [0.05, 0.1) is 6.54 Å². The van der Waals surface area contributed by atoms with Crippen LogP contribution in [0.1, 0.15) is 48.9 Å². The SMILES string of the molecule is C[C@H]1CN(S(=O)(=O)N(C)Cc2ccccc2)Cc2nnc(C3CC3)n21. The fraction of sp³-hybridized carbons (Fsp3) is 0.529. The molecule has 2 aromatic rings. The Morgan fingerprint density at radius 3 is 2.60 bits per heavy atom. The molecule has 0 amide bonds. The molecule has 1 aliphatic carbocycles. The third kappa shape index (κ3) is 3.09. The fourth-order valence-corrected chi connectivity index (χ4v) is 4.83. The van der Waals surface area contributed by atoms with Crippen LogP contribution in [-0.2, 0) is 23.3 Å². The molecular weight excluding hydrogens is 338 g/mol. The normalized spacial score (nSPS) is 21.5. The first-order valence-electron chi connectivity index (χ1n) is 8.66. The zero-order chi connectivity index (χ0) is 17.6. The van der Waals surface area contributed by atoms with Crippen molar-refractivity contribution in [2.75, 3.05) is 13.6 Å². The summed E-state index contributed by atoms with van der Waals surface area (Å²) in [6.45, 7) is 3.13. The van der Waals surface area contributed by atoms with Gasteiger partial charge in [-0.3, -0.25) is 0 Å². The number of hydrogen-bond acceptors (Lipinski definition) is 4. The van der Waals surface area contributed by atoms with E-state index in [-0.39, 0.29) is 12.6 Å². The van der Waals surface area contributed by atoms with E-state index in [2.05, 4.69) is 14.8 Å². The van der Waals surface area contributed by atoms with Gasteiger partial charge < -0.3 is 4.57 Å². The minimum Gasteiger partial charge on any atom is -0.309 e. The van der Waals surface area contributed by atoms with Crippen LogP contribution in [0.4, 0.5) is 0 Å². The van der Waals surface area contributed by atoms with Gasteiger partial charge >= 0.3 is 0 Å². The highest BCUT2D eigenvalue weighted by atomic mass is 32.2. The molecule has 7 nitrogen and oxygen atoms in total. The predicted octanol–water partition coefficient (Wildman–Crippen LogP) is 1.91. The monoisotopic (exact) mass is 361 g/mol. The maximum Gasteiger partial charge on any atom is 0.282 e. The minimum atomic E-state index is -3.55. The molecule has 1 saturated carbocycles. The molecule has 2 heterocycles. The summed E-state index contributed by atoms with van der Waals surface area (Å²) in [5.41, 5.74) is 0.970. The quantitative estimate of drug-likeness (QED) is 0.816. The van der Waals surface area contributed by atoms with E-state index in [9.17, 15) is 8.42 Å². The van der Waals surface area contributed by atoms with Crippen molar-refractivity contribution in [1.82, 2.24) is 23.4 Å².